The number of aliphatic hydroxyl groups excluding tert-OH is 1. The number of rotatable bonds is 5. The van der Waals surface area contributed by atoms with E-state index in [2.05, 4.69) is 0 Å². The van der Waals surface area contributed by atoms with Crippen molar-refractivity contribution in [3.05, 3.63) is 0 Å². The first-order valence-corrected chi connectivity index (χ1v) is 7.12. The van der Waals surface area contributed by atoms with Gasteiger partial charge in [0.1, 0.15) is 0 Å². The lowest BCUT2D eigenvalue weighted by molar-refractivity contribution is 0.169. The molecule has 0 aromatic carbocycles. The van der Waals surface area contributed by atoms with E-state index in [9.17, 15) is 9.13 Å². The number of hydrogen-bond donors (Lipinski definition) is 5. The number of aliphatic hydroxyl groups is 1. The molecule has 0 aliphatic rings. The standard InChI is InChI=1S/C5H15NO7P2/c1-6(2)5(3-4-7,14(8,9)10)15(11,12)13/h7H,3-4H2,1-2H3,(H2,8,9,10)(H2,11,12,13). The molecule has 0 amide bonds. The molecule has 15 heavy (non-hydrogen) atoms. The Morgan fingerprint density at radius 3 is 1.47 bits per heavy atom. The fourth-order valence-corrected chi connectivity index (χ4v) is 4.54. The molecule has 0 spiro atoms. The van der Waals surface area contributed by atoms with Crippen LogP contribution >= 0.6 is 15.2 Å². The average Bonchev–Trinajstić information content (AvgIpc) is 1.93. The van der Waals surface area contributed by atoms with Gasteiger partial charge in [-0.3, -0.25) is 14.0 Å². The smallest absolute Gasteiger partial charge is 0.358 e. The minimum absolute atomic E-state index is 0.714. The van der Waals surface area contributed by atoms with Crippen molar-refractivity contribution in [1.29, 1.82) is 0 Å². The highest BCUT2D eigenvalue weighted by atomic mass is 31.2. The fraction of sp³-hybridized carbons (Fsp3) is 1.00. The van der Waals surface area contributed by atoms with E-state index in [1.807, 2.05) is 0 Å². The van der Waals surface area contributed by atoms with Crippen LogP contribution in [0.25, 0.3) is 0 Å². The average molecular weight is 263 g/mol. The summed E-state index contributed by atoms with van der Waals surface area (Å²) in [5.41, 5.74) is 0. The van der Waals surface area contributed by atoms with Crippen molar-refractivity contribution in [3.63, 3.8) is 0 Å². The van der Waals surface area contributed by atoms with Crippen LogP contribution in [0.15, 0.2) is 0 Å². The van der Waals surface area contributed by atoms with Gasteiger partial charge in [-0.2, -0.15) is 0 Å². The van der Waals surface area contributed by atoms with Crippen molar-refractivity contribution < 1.29 is 33.8 Å². The second-order valence-electron chi connectivity index (χ2n) is 3.23. The summed E-state index contributed by atoms with van der Waals surface area (Å²) in [6.45, 7) is -0.742. The van der Waals surface area contributed by atoms with Gasteiger partial charge in [-0.25, -0.2) is 0 Å². The van der Waals surface area contributed by atoms with E-state index in [1.54, 1.807) is 0 Å². The van der Waals surface area contributed by atoms with Crippen molar-refractivity contribution in [2.75, 3.05) is 20.7 Å². The molecule has 10 heteroatoms. The van der Waals surface area contributed by atoms with Gasteiger partial charge >= 0.3 is 15.2 Å². The summed E-state index contributed by atoms with van der Waals surface area (Å²) in [5.74, 6) is 0. The van der Waals surface area contributed by atoms with Crippen LogP contribution in [0.2, 0.25) is 0 Å². The molecule has 0 rings (SSSR count). The largest absolute Gasteiger partial charge is 0.396 e. The first-order chi connectivity index (χ1) is 6.50. The van der Waals surface area contributed by atoms with Crippen LogP contribution in [0.5, 0.6) is 0 Å². The van der Waals surface area contributed by atoms with Crippen molar-refractivity contribution in [1.82, 2.24) is 4.90 Å². The molecule has 0 fully saturated rings. The van der Waals surface area contributed by atoms with E-state index in [1.165, 1.54) is 0 Å². The molecule has 0 saturated heterocycles. The summed E-state index contributed by atoms with van der Waals surface area (Å²) in [5, 5.41) is 6.01. The molecule has 0 aliphatic carbocycles. The molecule has 0 aromatic rings. The van der Waals surface area contributed by atoms with Crippen LogP contribution < -0.4 is 0 Å². The fourth-order valence-electron chi connectivity index (χ4n) is 1.36. The van der Waals surface area contributed by atoms with Crippen LogP contribution in [0.4, 0.5) is 0 Å². The van der Waals surface area contributed by atoms with Crippen LogP contribution in [0.3, 0.4) is 0 Å². The molecule has 0 heterocycles. The summed E-state index contributed by atoms with van der Waals surface area (Å²) in [6.07, 6.45) is -0.714. The molecule has 0 saturated carbocycles. The highest BCUT2D eigenvalue weighted by Gasteiger charge is 2.61. The van der Waals surface area contributed by atoms with Gasteiger partial charge in [0.15, 0.2) is 0 Å². The second kappa shape index (κ2) is 4.61. The Bertz CT molecular complexity index is 283. The molecule has 0 bridgehead atoms. The highest BCUT2D eigenvalue weighted by molar-refractivity contribution is 7.72. The summed E-state index contributed by atoms with van der Waals surface area (Å²) >= 11 is 0. The maximum Gasteiger partial charge on any atom is 0.358 e. The van der Waals surface area contributed by atoms with Gasteiger partial charge in [-0.05, 0) is 14.1 Å². The minimum atomic E-state index is -5.10. The molecule has 0 aliphatic heterocycles. The molecule has 5 N–H and O–H groups in total. The van der Waals surface area contributed by atoms with Crippen molar-refractivity contribution >= 4 is 15.2 Å². The van der Waals surface area contributed by atoms with Gasteiger partial charge < -0.3 is 24.7 Å². The maximum atomic E-state index is 11.2. The zero-order chi connectivity index (χ0) is 12.5. The summed E-state index contributed by atoms with van der Waals surface area (Å²) < 4.78 is 22.4. The lowest BCUT2D eigenvalue weighted by atomic mass is 10.4. The van der Waals surface area contributed by atoms with E-state index in [0.717, 1.165) is 19.0 Å². The Labute approximate surface area is 86.9 Å². The van der Waals surface area contributed by atoms with Crippen LogP contribution in [-0.2, 0) is 9.13 Å². The molecule has 8 nitrogen and oxygen atoms in total. The Morgan fingerprint density at radius 2 is 1.40 bits per heavy atom. The lowest BCUT2D eigenvalue weighted by Gasteiger charge is -2.39. The monoisotopic (exact) mass is 263 g/mol. The van der Waals surface area contributed by atoms with Crippen LogP contribution in [0, 0.1) is 0 Å². The maximum absolute atomic E-state index is 11.2. The van der Waals surface area contributed by atoms with Gasteiger partial charge in [0.2, 0.25) is 5.02 Å². The Kier molecular flexibility index (Phi) is 4.68. The van der Waals surface area contributed by atoms with Gasteiger partial charge in [-0.15, -0.1) is 0 Å². The first-order valence-electron chi connectivity index (χ1n) is 3.90. The molecule has 0 unspecified atom stereocenters. The summed E-state index contributed by atoms with van der Waals surface area (Å²) in [4.78, 5) is 36.9. The van der Waals surface area contributed by atoms with E-state index in [0.29, 0.717) is 0 Å². The van der Waals surface area contributed by atoms with E-state index < -0.39 is 33.2 Å². The molecule has 0 aromatic heterocycles. The van der Waals surface area contributed by atoms with Crippen LogP contribution in [-0.4, -0.2) is 55.3 Å². The topological polar surface area (TPSA) is 139 Å². The zero-order valence-electron chi connectivity index (χ0n) is 8.31. The lowest BCUT2D eigenvalue weighted by Crippen LogP contribution is -2.44. The van der Waals surface area contributed by atoms with Gasteiger partial charge in [-0.1, -0.05) is 0 Å². The number of hydrogen-bond acceptors (Lipinski definition) is 4. The third-order valence-electron chi connectivity index (χ3n) is 2.10. The molecule has 0 atom stereocenters. The molecule has 0 radical (unpaired) electrons. The van der Waals surface area contributed by atoms with Gasteiger partial charge in [0.05, 0.1) is 0 Å². The van der Waals surface area contributed by atoms with Crippen molar-refractivity contribution in [2.24, 2.45) is 0 Å². The molecular formula is C5H15NO7P2. The zero-order valence-corrected chi connectivity index (χ0v) is 10.1. The normalized spacial score (nSPS) is 14.7. The first kappa shape index (κ1) is 15.2. The van der Waals surface area contributed by atoms with Gasteiger partial charge in [0, 0.05) is 13.0 Å². The third kappa shape index (κ3) is 2.67. The van der Waals surface area contributed by atoms with Crippen molar-refractivity contribution in [3.8, 4) is 0 Å². The Hall–Kier alpha value is 0.220. The quantitative estimate of drug-likeness (QED) is 0.395. The second-order valence-corrected chi connectivity index (χ2v) is 7.24. The molecule has 92 valence electrons. The van der Waals surface area contributed by atoms with E-state index >= 15 is 0 Å². The Balaban J connectivity index is 5.72. The summed E-state index contributed by atoms with van der Waals surface area (Å²) in [7, 11) is -7.93. The van der Waals surface area contributed by atoms with Gasteiger partial charge in [0.25, 0.3) is 0 Å². The number of nitrogens with zero attached hydrogens (tertiary/aromatic N) is 1. The van der Waals surface area contributed by atoms with Crippen molar-refractivity contribution in [2.45, 2.75) is 11.4 Å². The predicted octanol–water partition coefficient (Wildman–Crippen LogP) is -1.06. The van der Waals surface area contributed by atoms with E-state index in [4.69, 9.17) is 24.7 Å². The predicted molar refractivity (Wildman–Crippen MR) is 52.2 cm³/mol. The Morgan fingerprint density at radius 1 is 1.07 bits per heavy atom. The third-order valence-corrected chi connectivity index (χ3v) is 6.77. The van der Waals surface area contributed by atoms with Crippen LogP contribution in [0.1, 0.15) is 6.42 Å². The molecular weight excluding hydrogens is 248 g/mol. The highest BCUT2D eigenvalue weighted by Crippen LogP contribution is 2.71. The SMILES string of the molecule is CN(C)C(CCO)(P(=O)(O)O)P(=O)(O)O. The van der Waals surface area contributed by atoms with E-state index in [-0.39, 0.29) is 0 Å². The minimum Gasteiger partial charge on any atom is -0.396 e. The summed E-state index contributed by atoms with van der Waals surface area (Å²) in [6, 6.07) is 0.